The summed E-state index contributed by atoms with van der Waals surface area (Å²) in [7, 11) is -3.51. The van der Waals surface area contributed by atoms with Crippen LogP contribution in [0.2, 0.25) is 0 Å². The number of aromatic hydroxyl groups is 1. The van der Waals surface area contributed by atoms with Crippen LogP contribution in [0.5, 0.6) is 5.75 Å². The third-order valence-corrected chi connectivity index (χ3v) is 5.60. The summed E-state index contributed by atoms with van der Waals surface area (Å²) >= 11 is 0. The lowest BCUT2D eigenvalue weighted by molar-refractivity contribution is -0.115. The van der Waals surface area contributed by atoms with Crippen LogP contribution >= 0.6 is 0 Å². The van der Waals surface area contributed by atoms with Crippen molar-refractivity contribution in [3.05, 3.63) is 77.9 Å². The van der Waals surface area contributed by atoms with E-state index >= 15 is 0 Å². The predicted molar refractivity (Wildman–Crippen MR) is 114 cm³/mol. The molecule has 7 nitrogen and oxygen atoms in total. The molecule has 0 heterocycles. The number of phenols is 1. The maximum Gasteiger partial charge on any atom is 0.248 e. The van der Waals surface area contributed by atoms with Gasteiger partial charge >= 0.3 is 0 Å². The Kier molecular flexibility index (Phi) is 5.89. The minimum absolute atomic E-state index is 0.0471. The van der Waals surface area contributed by atoms with Crippen molar-refractivity contribution in [2.24, 2.45) is 5.73 Å². The van der Waals surface area contributed by atoms with Gasteiger partial charge in [-0.3, -0.25) is 9.59 Å². The maximum absolute atomic E-state index is 12.6. The van der Waals surface area contributed by atoms with Crippen molar-refractivity contribution in [3.8, 4) is 16.9 Å². The van der Waals surface area contributed by atoms with E-state index in [0.29, 0.717) is 22.4 Å². The van der Waals surface area contributed by atoms with Crippen LogP contribution in [0.3, 0.4) is 0 Å². The number of nitrogens with two attached hydrogens (primary N) is 1. The molecule has 0 unspecified atom stereocenters. The number of anilines is 1. The molecule has 0 aliphatic carbocycles. The largest absolute Gasteiger partial charge is 0.508 e. The Balaban J connectivity index is 1.95. The Morgan fingerprint density at radius 2 is 1.70 bits per heavy atom. The molecule has 0 aliphatic rings. The van der Waals surface area contributed by atoms with Crippen LogP contribution in [0, 0.1) is 0 Å². The number of rotatable bonds is 6. The van der Waals surface area contributed by atoms with Gasteiger partial charge in [-0.2, -0.15) is 0 Å². The van der Waals surface area contributed by atoms with Crippen molar-refractivity contribution < 1.29 is 23.1 Å². The Morgan fingerprint density at radius 1 is 0.967 bits per heavy atom. The summed E-state index contributed by atoms with van der Waals surface area (Å²) in [6, 6.07) is 17.1. The molecule has 0 fully saturated rings. The van der Waals surface area contributed by atoms with Gasteiger partial charge in [0, 0.05) is 23.1 Å². The van der Waals surface area contributed by atoms with E-state index in [2.05, 4.69) is 5.32 Å². The van der Waals surface area contributed by atoms with E-state index in [4.69, 9.17) is 5.73 Å². The molecule has 3 aromatic rings. The first-order chi connectivity index (χ1) is 14.1. The van der Waals surface area contributed by atoms with Crippen LogP contribution in [-0.2, 0) is 21.1 Å². The highest BCUT2D eigenvalue weighted by molar-refractivity contribution is 7.90. The van der Waals surface area contributed by atoms with Gasteiger partial charge in [0.2, 0.25) is 11.8 Å². The fourth-order valence-corrected chi connectivity index (χ4v) is 4.03. The topological polar surface area (TPSA) is 127 Å². The minimum Gasteiger partial charge on any atom is -0.508 e. The van der Waals surface area contributed by atoms with Gasteiger partial charge in [-0.1, -0.05) is 30.3 Å². The van der Waals surface area contributed by atoms with Crippen molar-refractivity contribution in [2.45, 2.75) is 11.3 Å². The minimum atomic E-state index is -3.51. The molecule has 0 atom stereocenters. The molecule has 3 rings (SSSR count). The molecule has 0 saturated heterocycles. The number of phenolic OH excluding ortho intramolecular Hbond substituents is 1. The molecule has 0 saturated carbocycles. The average Bonchev–Trinajstić information content (AvgIpc) is 2.67. The van der Waals surface area contributed by atoms with Crippen LogP contribution in [0.1, 0.15) is 15.9 Å². The number of carbonyl (C=O) groups is 2. The lowest BCUT2D eigenvalue weighted by Crippen LogP contribution is -2.16. The molecule has 30 heavy (non-hydrogen) atoms. The average molecular weight is 424 g/mol. The second-order valence-corrected chi connectivity index (χ2v) is 8.76. The molecule has 154 valence electrons. The first-order valence-electron chi connectivity index (χ1n) is 8.96. The summed E-state index contributed by atoms with van der Waals surface area (Å²) in [6.07, 6.45) is 0.993. The van der Waals surface area contributed by atoms with E-state index in [0.717, 1.165) is 6.26 Å². The number of nitrogens with one attached hydrogen (secondary N) is 1. The molecule has 4 N–H and O–H groups in total. The molecule has 8 heteroatoms. The zero-order valence-electron chi connectivity index (χ0n) is 16.1. The van der Waals surface area contributed by atoms with Crippen LogP contribution in [0.15, 0.2) is 71.6 Å². The van der Waals surface area contributed by atoms with Gasteiger partial charge in [-0.15, -0.1) is 0 Å². The number of benzene rings is 3. The molecule has 2 amide bonds. The van der Waals surface area contributed by atoms with Gasteiger partial charge < -0.3 is 16.2 Å². The molecule has 0 aliphatic heterocycles. The highest BCUT2D eigenvalue weighted by Gasteiger charge is 2.18. The third-order valence-electron chi connectivity index (χ3n) is 4.45. The normalized spacial score (nSPS) is 11.1. The number of primary amides is 1. The first-order valence-corrected chi connectivity index (χ1v) is 10.9. The second-order valence-electron chi connectivity index (χ2n) is 6.78. The van der Waals surface area contributed by atoms with Crippen LogP contribution in [0.25, 0.3) is 11.1 Å². The zero-order valence-corrected chi connectivity index (χ0v) is 16.9. The molecule has 0 spiro atoms. The van der Waals surface area contributed by atoms with E-state index < -0.39 is 21.7 Å². The summed E-state index contributed by atoms with van der Waals surface area (Å²) in [5.74, 6) is -1.06. The number of sulfone groups is 1. The Morgan fingerprint density at radius 3 is 2.40 bits per heavy atom. The summed E-state index contributed by atoms with van der Waals surface area (Å²) in [5, 5.41) is 12.6. The second kappa shape index (κ2) is 8.38. The van der Waals surface area contributed by atoms with E-state index in [9.17, 15) is 23.1 Å². The highest BCUT2D eigenvalue weighted by Crippen LogP contribution is 2.32. The van der Waals surface area contributed by atoms with Gasteiger partial charge in [-0.25, -0.2) is 8.42 Å². The van der Waals surface area contributed by atoms with Crippen molar-refractivity contribution in [1.82, 2.24) is 0 Å². The van der Waals surface area contributed by atoms with E-state index in [1.54, 1.807) is 36.4 Å². The number of hydrogen-bond donors (Lipinski definition) is 3. The SMILES string of the molecule is CS(=O)(=O)c1ccccc1-c1ccc(O)cc1CC(=O)Nc1cccc(C(N)=O)c1. The standard InChI is InChI=1S/C22H20N2O5S/c1-30(28,29)20-8-3-2-7-19(20)18-10-9-17(25)12-15(18)13-21(26)24-16-6-4-5-14(11-16)22(23)27/h2-12,25H,13H2,1H3,(H2,23,27)(H,24,26). The van der Waals surface area contributed by atoms with Crippen LogP contribution in [-0.4, -0.2) is 31.6 Å². The van der Waals surface area contributed by atoms with Crippen molar-refractivity contribution in [2.75, 3.05) is 11.6 Å². The Bertz CT molecular complexity index is 1240. The molecule has 0 radical (unpaired) electrons. The smallest absolute Gasteiger partial charge is 0.248 e. The first kappa shape index (κ1) is 21.1. The summed E-state index contributed by atoms with van der Waals surface area (Å²) < 4.78 is 24.4. The Labute approximate surface area is 174 Å². The molecule has 3 aromatic carbocycles. The Hall–Kier alpha value is -3.65. The van der Waals surface area contributed by atoms with Crippen LogP contribution in [0.4, 0.5) is 5.69 Å². The summed E-state index contributed by atoms with van der Waals surface area (Å²) in [5.41, 5.74) is 7.33. The van der Waals surface area contributed by atoms with E-state index in [1.165, 1.54) is 30.3 Å². The molecular weight excluding hydrogens is 404 g/mol. The quantitative estimate of drug-likeness (QED) is 0.561. The third kappa shape index (κ3) is 4.84. The van der Waals surface area contributed by atoms with Crippen molar-refractivity contribution >= 4 is 27.3 Å². The van der Waals surface area contributed by atoms with Gasteiger partial charge in [0.25, 0.3) is 0 Å². The molecule has 0 bridgehead atoms. The fraction of sp³-hybridized carbons (Fsp3) is 0.0909. The number of amides is 2. The number of carbonyl (C=O) groups excluding carboxylic acids is 2. The van der Waals surface area contributed by atoms with Crippen molar-refractivity contribution in [1.29, 1.82) is 0 Å². The van der Waals surface area contributed by atoms with Crippen LogP contribution < -0.4 is 11.1 Å². The molecule has 0 aromatic heterocycles. The van der Waals surface area contributed by atoms with Crippen molar-refractivity contribution in [3.63, 3.8) is 0 Å². The predicted octanol–water partition coefficient (Wildman–Crippen LogP) is 2.74. The van der Waals surface area contributed by atoms with Gasteiger partial charge in [0.1, 0.15) is 5.75 Å². The lowest BCUT2D eigenvalue weighted by Gasteiger charge is -2.14. The maximum atomic E-state index is 12.6. The summed E-state index contributed by atoms with van der Waals surface area (Å²) in [4.78, 5) is 24.1. The van der Waals surface area contributed by atoms with Gasteiger partial charge in [0.05, 0.1) is 11.3 Å². The molecular formula is C22H20N2O5S. The van der Waals surface area contributed by atoms with E-state index in [-0.39, 0.29) is 22.6 Å². The lowest BCUT2D eigenvalue weighted by atomic mass is 9.97. The van der Waals surface area contributed by atoms with Gasteiger partial charge in [0.15, 0.2) is 9.84 Å². The zero-order chi connectivity index (χ0) is 21.9. The van der Waals surface area contributed by atoms with Gasteiger partial charge in [-0.05, 0) is 47.5 Å². The summed E-state index contributed by atoms with van der Waals surface area (Å²) in [6.45, 7) is 0. The monoisotopic (exact) mass is 424 g/mol. The fourth-order valence-electron chi connectivity index (χ4n) is 3.13. The highest BCUT2D eigenvalue weighted by atomic mass is 32.2. The number of hydrogen-bond acceptors (Lipinski definition) is 5. The van der Waals surface area contributed by atoms with E-state index in [1.807, 2.05) is 0 Å².